The normalized spacial score (nSPS) is 11.6. The van der Waals surface area contributed by atoms with Crippen molar-refractivity contribution in [2.45, 2.75) is 6.18 Å². The van der Waals surface area contributed by atoms with E-state index in [4.69, 9.17) is 0 Å². The maximum atomic E-state index is 12.0. The fourth-order valence-electron chi connectivity index (χ4n) is 1.05. The van der Waals surface area contributed by atoms with Crippen molar-refractivity contribution in [3.05, 3.63) is 16.9 Å². The molecule has 18 heavy (non-hydrogen) atoms. The number of halogens is 4. The van der Waals surface area contributed by atoms with Crippen molar-refractivity contribution >= 4 is 21.9 Å². The molecule has 2 N–H and O–H groups in total. The lowest BCUT2D eigenvalue weighted by Crippen LogP contribution is -2.21. The lowest BCUT2D eigenvalue weighted by Gasteiger charge is -2.04. The predicted octanol–water partition coefficient (Wildman–Crippen LogP) is 2.00. The Hall–Kier alpha value is -1.71. The summed E-state index contributed by atoms with van der Waals surface area (Å²) in [4.78, 5) is 11.7. The van der Waals surface area contributed by atoms with Gasteiger partial charge >= 0.3 is 6.18 Å². The summed E-state index contributed by atoms with van der Waals surface area (Å²) in [5.74, 6) is 0.270. The molecule has 0 spiro atoms. The molecule has 0 fully saturated rings. The van der Waals surface area contributed by atoms with E-state index in [1.807, 2.05) is 5.32 Å². The third-order valence-corrected chi connectivity index (χ3v) is 2.17. The van der Waals surface area contributed by atoms with Gasteiger partial charge in [0.1, 0.15) is 6.54 Å². The monoisotopic (exact) mass is 322 g/mol. The number of rotatable bonds is 3. The van der Waals surface area contributed by atoms with Crippen LogP contribution in [0.25, 0.3) is 11.6 Å². The minimum Gasteiger partial charge on any atom is -0.344 e. The van der Waals surface area contributed by atoms with Gasteiger partial charge in [0.15, 0.2) is 11.6 Å². The highest BCUT2D eigenvalue weighted by atomic mass is 79.9. The molecule has 0 saturated heterocycles. The van der Waals surface area contributed by atoms with Crippen LogP contribution in [-0.4, -0.2) is 37.9 Å². The van der Waals surface area contributed by atoms with Crippen molar-refractivity contribution in [3.8, 4) is 11.6 Å². The summed E-state index contributed by atoms with van der Waals surface area (Å²) in [5.41, 5.74) is 0. The Bertz CT molecular complexity index is 522. The summed E-state index contributed by atoms with van der Waals surface area (Å²) in [7, 11) is 0. The van der Waals surface area contributed by atoms with Crippen LogP contribution in [0.1, 0.15) is 0 Å². The zero-order valence-corrected chi connectivity index (χ0v) is 10.2. The SMILES string of the molecule is FC(F)(F)CNc1n[nH]c(-c2ncc(Br)cn2)n1. The van der Waals surface area contributed by atoms with Crippen LogP contribution in [0.3, 0.4) is 0 Å². The third kappa shape index (κ3) is 3.39. The van der Waals surface area contributed by atoms with E-state index >= 15 is 0 Å². The molecule has 2 aromatic heterocycles. The fraction of sp³-hybridized carbons (Fsp3) is 0.250. The summed E-state index contributed by atoms with van der Waals surface area (Å²) in [6.07, 6.45) is -1.34. The Labute approximate surface area is 107 Å². The average molecular weight is 323 g/mol. The highest BCUT2D eigenvalue weighted by Gasteiger charge is 2.27. The number of hydrogen-bond donors (Lipinski definition) is 2. The molecule has 0 radical (unpaired) electrons. The van der Waals surface area contributed by atoms with Gasteiger partial charge < -0.3 is 5.32 Å². The minimum absolute atomic E-state index is 0.158. The Morgan fingerprint density at radius 3 is 2.56 bits per heavy atom. The number of anilines is 1. The standard InChI is InChI=1S/C8H6BrF3N6/c9-4-1-13-5(14-2-4)6-16-7(18-17-6)15-3-8(10,11)12/h1-2H,3H2,(H2,15,16,17,18). The molecule has 2 heterocycles. The van der Waals surface area contributed by atoms with Crippen molar-refractivity contribution in [1.29, 1.82) is 0 Å². The fourth-order valence-corrected chi connectivity index (χ4v) is 1.26. The number of H-pyrrole nitrogens is 1. The lowest BCUT2D eigenvalue weighted by atomic mass is 10.5. The van der Waals surface area contributed by atoms with Gasteiger partial charge in [0.2, 0.25) is 5.95 Å². The van der Waals surface area contributed by atoms with Crippen molar-refractivity contribution in [3.63, 3.8) is 0 Å². The van der Waals surface area contributed by atoms with Crippen LogP contribution in [0, 0.1) is 0 Å². The van der Waals surface area contributed by atoms with Gasteiger partial charge in [-0.1, -0.05) is 0 Å². The number of aromatic nitrogens is 5. The van der Waals surface area contributed by atoms with Gasteiger partial charge in [0.05, 0.1) is 4.47 Å². The summed E-state index contributed by atoms with van der Waals surface area (Å²) < 4.78 is 36.6. The van der Waals surface area contributed by atoms with E-state index in [2.05, 4.69) is 41.1 Å². The van der Waals surface area contributed by atoms with Crippen molar-refractivity contribution < 1.29 is 13.2 Å². The molecule has 0 bridgehead atoms. The minimum atomic E-state index is -4.32. The van der Waals surface area contributed by atoms with Crippen LogP contribution >= 0.6 is 15.9 Å². The molecule has 2 aromatic rings. The van der Waals surface area contributed by atoms with E-state index in [1.165, 1.54) is 12.4 Å². The first-order chi connectivity index (χ1) is 8.44. The predicted molar refractivity (Wildman–Crippen MR) is 59.7 cm³/mol. The first kappa shape index (κ1) is 12.7. The van der Waals surface area contributed by atoms with Gasteiger partial charge in [-0.3, -0.25) is 5.10 Å². The molecule has 0 saturated carbocycles. The largest absolute Gasteiger partial charge is 0.405 e. The Kier molecular flexibility index (Phi) is 3.45. The molecule has 0 aliphatic carbocycles. The first-order valence-electron chi connectivity index (χ1n) is 4.65. The van der Waals surface area contributed by atoms with Gasteiger partial charge in [-0.25, -0.2) is 9.97 Å². The highest BCUT2D eigenvalue weighted by molar-refractivity contribution is 9.10. The van der Waals surface area contributed by atoms with Crippen molar-refractivity contribution in [2.75, 3.05) is 11.9 Å². The Morgan fingerprint density at radius 2 is 1.94 bits per heavy atom. The Morgan fingerprint density at radius 1 is 1.28 bits per heavy atom. The highest BCUT2D eigenvalue weighted by Crippen LogP contribution is 2.16. The van der Waals surface area contributed by atoms with Crippen LogP contribution in [0.2, 0.25) is 0 Å². The molecule has 2 rings (SSSR count). The van der Waals surface area contributed by atoms with Crippen LogP contribution in [0.15, 0.2) is 16.9 Å². The van der Waals surface area contributed by atoms with E-state index in [0.717, 1.165) is 0 Å². The van der Waals surface area contributed by atoms with Gasteiger partial charge in [-0.15, -0.1) is 5.10 Å². The third-order valence-electron chi connectivity index (χ3n) is 1.76. The molecule has 96 valence electrons. The maximum absolute atomic E-state index is 12.0. The summed E-state index contributed by atoms with van der Waals surface area (Å²) in [6, 6.07) is 0. The summed E-state index contributed by atoms with van der Waals surface area (Å²) >= 11 is 3.16. The van der Waals surface area contributed by atoms with Gasteiger partial charge in [0.25, 0.3) is 0 Å². The molecule has 6 nitrogen and oxygen atoms in total. The van der Waals surface area contributed by atoms with Gasteiger partial charge in [0, 0.05) is 12.4 Å². The first-order valence-corrected chi connectivity index (χ1v) is 5.44. The number of alkyl halides is 3. The van der Waals surface area contributed by atoms with E-state index in [0.29, 0.717) is 4.47 Å². The second kappa shape index (κ2) is 4.88. The molecule has 0 amide bonds. The molecule has 0 unspecified atom stereocenters. The summed E-state index contributed by atoms with van der Waals surface area (Å²) in [5, 5.41) is 8.07. The van der Waals surface area contributed by atoms with Gasteiger partial charge in [-0.05, 0) is 15.9 Å². The molecule has 0 aromatic carbocycles. The molecule has 0 aliphatic rings. The van der Waals surface area contributed by atoms with E-state index in [-0.39, 0.29) is 17.6 Å². The summed E-state index contributed by atoms with van der Waals surface area (Å²) in [6.45, 7) is -1.20. The molecule has 0 aliphatic heterocycles. The number of hydrogen-bond acceptors (Lipinski definition) is 5. The number of nitrogens with one attached hydrogen (secondary N) is 2. The van der Waals surface area contributed by atoms with E-state index in [1.54, 1.807) is 0 Å². The van der Waals surface area contributed by atoms with Crippen LogP contribution in [-0.2, 0) is 0 Å². The average Bonchev–Trinajstić information content (AvgIpc) is 2.75. The second-order valence-corrected chi connectivity index (χ2v) is 4.12. The topological polar surface area (TPSA) is 79.4 Å². The lowest BCUT2D eigenvalue weighted by molar-refractivity contribution is -0.115. The molecule has 0 atom stereocenters. The molecule has 10 heteroatoms. The van der Waals surface area contributed by atoms with Crippen LogP contribution < -0.4 is 5.32 Å². The second-order valence-electron chi connectivity index (χ2n) is 3.20. The smallest absolute Gasteiger partial charge is 0.344 e. The van der Waals surface area contributed by atoms with Crippen LogP contribution in [0.5, 0.6) is 0 Å². The van der Waals surface area contributed by atoms with Crippen molar-refractivity contribution in [1.82, 2.24) is 25.1 Å². The Balaban J connectivity index is 2.08. The van der Waals surface area contributed by atoms with Crippen LogP contribution in [0.4, 0.5) is 19.1 Å². The van der Waals surface area contributed by atoms with Gasteiger partial charge in [-0.2, -0.15) is 18.2 Å². The zero-order valence-electron chi connectivity index (χ0n) is 8.66. The number of nitrogens with zero attached hydrogens (tertiary/aromatic N) is 4. The van der Waals surface area contributed by atoms with E-state index < -0.39 is 12.7 Å². The number of aromatic amines is 1. The van der Waals surface area contributed by atoms with E-state index in [9.17, 15) is 13.2 Å². The molecular formula is C8H6BrF3N6. The maximum Gasteiger partial charge on any atom is 0.405 e. The zero-order chi connectivity index (χ0) is 13.2. The molecular weight excluding hydrogens is 317 g/mol. The quantitative estimate of drug-likeness (QED) is 0.903. The van der Waals surface area contributed by atoms with Crippen molar-refractivity contribution in [2.24, 2.45) is 0 Å².